The first-order valence-corrected chi connectivity index (χ1v) is 25.3. The highest BCUT2D eigenvalue weighted by atomic mass is 16.5. The number of rotatable bonds is 9. The van der Waals surface area contributed by atoms with Crippen molar-refractivity contribution in [1.29, 1.82) is 0 Å². The number of nitrogens with one attached hydrogen (secondary N) is 3. The van der Waals surface area contributed by atoms with Crippen molar-refractivity contribution in [1.82, 2.24) is 30.4 Å². The molecule has 3 N–H and O–H groups in total. The Morgan fingerprint density at radius 2 is 1.30 bits per heavy atom. The highest BCUT2D eigenvalue weighted by Gasteiger charge is 2.47. The van der Waals surface area contributed by atoms with Crippen molar-refractivity contribution in [2.45, 2.75) is 167 Å². The first kappa shape index (κ1) is 47.7. The van der Waals surface area contributed by atoms with Gasteiger partial charge in [0.05, 0.1) is 68.3 Å². The lowest BCUT2D eigenvalue weighted by Crippen LogP contribution is -2.57. The summed E-state index contributed by atoms with van der Waals surface area (Å²) in [6, 6.07) is 13.0. The zero-order chi connectivity index (χ0) is 49.1. The van der Waals surface area contributed by atoms with Crippen LogP contribution in [0.3, 0.4) is 0 Å². The molecule has 6 aliphatic heterocycles. The smallest absolute Gasteiger partial charge is 0.407 e. The summed E-state index contributed by atoms with van der Waals surface area (Å²) < 4.78 is 28.5. The third-order valence-corrected chi connectivity index (χ3v) is 15.9. The van der Waals surface area contributed by atoms with E-state index in [0.717, 1.165) is 87.1 Å². The van der Waals surface area contributed by atoms with Crippen LogP contribution < -0.4 is 15.4 Å². The normalized spacial score (nSPS) is 29.0. The number of nitrogens with zero attached hydrogens (tertiary/aromatic N) is 4. The van der Waals surface area contributed by atoms with Gasteiger partial charge in [-0.1, -0.05) is 18.2 Å². The van der Waals surface area contributed by atoms with Crippen molar-refractivity contribution in [3.05, 3.63) is 65.6 Å². The van der Waals surface area contributed by atoms with E-state index in [9.17, 15) is 19.2 Å². The van der Waals surface area contributed by atoms with Gasteiger partial charge in [-0.05, 0) is 162 Å². The number of H-pyrrole nitrogens is 1. The van der Waals surface area contributed by atoms with Crippen molar-refractivity contribution >= 4 is 46.2 Å². The molecule has 6 aliphatic rings. The van der Waals surface area contributed by atoms with E-state index in [1.54, 1.807) is 0 Å². The second-order valence-corrected chi connectivity index (χ2v) is 20.8. The highest BCUT2D eigenvalue weighted by molar-refractivity contribution is 6.07. The number of fused-ring (bicyclic) bond motifs is 6. The molecule has 4 aromatic rings. The van der Waals surface area contributed by atoms with Crippen molar-refractivity contribution < 1.29 is 42.9 Å². The number of hydrogen-bond donors (Lipinski definition) is 3. The fraction of sp³-hybridized carbons (Fsp3) is 0.556. The van der Waals surface area contributed by atoms with E-state index in [1.165, 1.54) is 14.2 Å². The van der Waals surface area contributed by atoms with Crippen LogP contribution in [0, 0.1) is 11.8 Å². The van der Waals surface area contributed by atoms with Gasteiger partial charge in [-0.2, -0.15) is 0 Å². The summed E-state index contributed by atoms with van der Waals surface area (Å²) in [6.45, 7) is 12.6. The molecule has 4 saturated heterocycles. The fourth-order valence-corrected chi connectivity index (χ4v) is 12.8. The number of methoxy groups -OCH3 is 2. The molecule has 4 fully saturated rings. The van der Waals surface area contributed by atoms with Crippen molar-refractivity contribution in [3.8, 4) is 28.1 Å². The molecule has 0 bridgehead atoms. The molecule has 3 aromatic carbocycles. The van der Waals surface area contributed by atoms with E-state index in [1.807, 2.05) is 43.7 Å². The number of ether oxygens (including phenoxy) is 5. The number of hydrogen-bond acceptors (Lipinski definition) is 11. The van der Waals surface area contributed by atoms with Crippen LogP contribution in [0.5, 0.6) is 5.75 Å². The van der Waals surface area contributed by atoms with Crippen molar-refractivity contribution in [2.24, 2.45) is 16.8 Å². The number of carbonyl (C=O) groups is 4. The van der Waals surface area contributed by atoms with E-state index >= 15 is 0 Å². The SMILES string of the molecule is COC(=O)NC(C(=O)N1[C@@H](C)CC[C@H]1C1=Nc2ccc3cc4c(cc3c2C1)OCc1cc(-c2cnc([C@@H]3CC[C@H](C)N3C(=O)[C@@H](NC(=O)OC)C3C[C@@H](C)O[C@H](C)C3)[nH]2)ccc1-4)C1C[C@@H](C)O[C@H](C)C1. The number of carbonyl (C=O) groups excluding carboxylic acids is 4. The Hall–Kier alpha value is -6.00. The topological polar surface area (TPSA) is 186 Å². The van der Waals surface area contributed by atoms with E-state index in [-0.39, 0.29) is 72.2 Å². The Balaban J connectivity index is 0.865. The number of alkyl carbamates (subject to hydrolysis) is 2. The van der Waals surface area contributed by atoms with Crippen molar-refractivity contribution in [3.63, 3.8) is 0 Å². The molecule has 7 heterocycles. The minimum absolute atomic E-state index is 0.0161. The summed E-state index contributed by atoms with van der Waals surface area (Å²) >= 11 is 0. The lowest BCUT2D eigenvalue weighted by molar-refractivity contribution is -0.140. The molecule has 16 heteroatoms. The Labute approximate surface area is 409 Å². The second kappa shape index (κ2) is 19.3. The molecule has 0 aliphatic carbocycles. The monoisotopic (exact) mass is 958 g/mol. The van der Waals surface area contributed by atoms with Gasteiger partial charge in [-0.25, -0.2) is 14.6 Å². The molecular weight excluding hydrogens is 891 g/mol. The molecule has 372 valence electrons. The van der Waals surface area contributed by atoms with Gasteiger partial charge in [-0.3, -0.25) is 14.6 Å². The van der Waals surface area contributed by atoms with Gasteiger partial charge in [-0.15, -0.1) is 0 Å². The predicted octanol–water partition coefficient (Wildman–Crippen LogP) is 8.71. The van der Waals surface area contributed by atoms with Gasteiger partial charge in [0.1, 0.15) is 30.3 Å². The lowest BCUT2D eigenvalue weighted by Gasteiger charge is -2.39. The van der Waals surface area contributed by atoms with Crippen LogP contribution >= 0.6 is 0 Å². The number of aromatic nitrogens is 2. The number of aromatic amines is 1. The predicted molar refractivity (Wildman–Crippen MR) is 264 cm³/mol. The van der Waals surface area contributed by atoms with Crippen LogP contribution in [0.25, 0.3) is 33.2 Å². The van der Waals surface area contributed by atoms with E-state index in [2.05, 4.69) is 71.9 Å². The minimum atomic E-state index is -0.747. The molecule has 10 atom stereocenters. The van der Waals surface area contributed by atoms with Gasteiger partial charge < -0.3 is 49.1 Å². The third-order valence-electron chi connectivity index (χ3n) is 15.9. The number of benzene rings is 3. The molecule has 1 aromatic heterocycles. The van der Waals surface area contributed by atoms with E-state index in [4.69, 9.17) is 33.7 Å². The maximum Gasteiger partial charge on any atom is 0.407 e. The third kappa shape index (κ3) is 9.01. The second-order valence-electron chi connectivity index (χ2n) is 20.8. The Kier molecular flexibility index (Phi) is 13.1. The summed E-state index contributed by atoms with van der Waals surface area (Å²) in [4.78, 5) is 71.9. The molecule has 0 radical (unpaired) electrons. The van der Waals surface area contributed by atoms with Crippen LogP contribution in [0.1, 0.15) is 116 Å². The molecule has 70 heavy (non-hydrogen) atoms. The average Bonchev–Trinajstić information content (AvgIpc) is 4.16. The van der Waals surface area contributed by atoms with E-state index < -0.39 is 24.3 Å². The Morgan fingerprint density at radius 3 is 1.90 bits per heavy atom. The maximum atomic E-state index is 14.7. The number of amides is 4. The van der Waals surface area contributed by atoms with Gasteiger partial charge in [0.2, 0.25) is 11.8 Å². The van der Waals surface area contributed by atoms with Gasteiger partial charge in [0, 0.05) is 29.8 Å². The first-order valence-electron chi connectivity index (χ1n) is 25.3. The van der Waals surface area contributed by atoms with E-state index in [0.29, 0.717) is 44.5 Å². The largest absolute Gasteiger partial charge is 0.488 e. The molecule has 0 spiro atoms. The maximum absolute atomic E-state index is 14.7. The summed E-state index contributed by atoms with van der Waals surface area (Å²) in [5, 5.41) is 7.97. The molecule has 1 unspecified atom stereocenters. The van der Waals surface area contributed by atoms with Crippen LogP contribution in [-0.2, 0) is 41.6 Å². The first-order chi connectivity index (χ1) is 33.7. The molecular formula is C54H67N7O9. The number of imidazole rings is 1. The summed E-state index contributed by atoms with van der Waals surface area (Å²) in [6.07, 6.45) is 6.95. The van der Waals surface area contributed by atoms with Crippen LogP contribution in [0.4, 0.5) is 15.3 Å². The lowest BCUT2D eigenvalue weighted by atomic mass is 9.85. The number of aliphatic imine (C=N–C) groups is 1. The summed E-state index contributed by atoms with van der Waals surface area (Å²) in [7, 11) is 2.65. The Bertz CT molecular complexity index is 2700. The van der Waals surface area contributed by atoms with Crippen molar-refractivity contribution in [2.75, 3.05) is 14.2 Å². The standard InChI is InChI=1S/C54H67N7O9/c1-27-9-15-45(60(27)51(62)48(58-53(64)66-7)35-17-29(3)69-30(4)18-35)43-23-40-39-24-47-41(22-33(39)12-14-42(40)56-43)38-13-11-34(21-37(38)26-68-47)44-25-55-50(57-44)46-16-10-28(2)61(46)52(63)49(59-54(65)67-8)36-19-31(5)70-32(6)20-36/h11-14,21-22,24-25,27-32,35-36,45-46,48-49H,9-10,15-20,23,26H2,1-8H3,(H,55,57)(H,58,64)(H,59,65)/t27-,28-,29+,30+,31+,32+,45-,46-,48?,49-/m0/s1. The van der Waals surface area contributed by atoms with Gasteiger partial charge >= 0.3 is 12.2 Å². The molecule has 4 amide bonds. The summed E-state index contributed by atoms with van der Waals surface area (Å²) in [5.41, 5.74) is 7.98. The minimum Gasteiger partial charge on any atom is -0.488 e. The highest BCUT2D eigenvalue weighted by Crippen LogP contribution is 2.46. The fourth-order valence-electron chi connectivity index (χ4n) is 12.8. The summed E-state index contributed by atoms with van der Waals surface area (Å²) in [5.74, 6) is 1.12. The number of likely N-dealkylation sites (tertiary alicyclic amines) is 2. The molecule has 0 saturated carbocycles. The van der Waals surface area contributed by atoms with Gasteiger partial charge in [0.15, 0.2) is 0 Å². The molecule has 16 nitrogen and oxygen atoms in total. The quantitative estimate of drug-likeness (QED) is 0.147. The van der Waals surface area contributed by atoms with Crippen LogP contribution in [-0.4, -0.2) is 118 Å². The van der Waals surface area contributed by atoms with Gasteiger partial charge in [0.25, 0.3) is 0 Å². The zero-order valence-electron chi connectivity index (χ0n) is 41.6. The average molecular weight is 958 g/mol. The van der Waals surface area contributed by atoms with Crippen LogP contribution in [0.15, 0.2) is 53.7 Å². The molecule has 10 rings (SSSR count). The Morgan fingerprint density at radius 1 is 0.714 bits per heavy atom. The van der Waals surface area contributed by atoms with Crippen LogP contribution in [0.2, 0.25) is 0 Å². The zero-order valence-corrected chi connectivity index (χ0v) is 41.6.